The third kappa shape index (κ3) is 6.23. The van der Waals surface area contributed by atoms with Crippen molar-refractivity contribution in [1.29, 1.82) is 0 Å². The van der Waals surface area contributed by atoms with E-state index >= 15 is 0 Å². The molecule has 0 aliphatic rings. The van der Waals surface area contributed by atoms with Crippen LogP contribution >= 0.6 is 0 Å². The number of hydrogen-bond donors (Lipinski definition) is 1. The van der Waals surface area contributed by atoms with Gasteiger partial charge in [0.1, 0.15) is 18.3 Å². The maximum atomic E-state index is 13.8. The zero-order valence-corrected chi connectivity index (χ0v) is 21.7. The van der Waals surface area contributed by atoms with Gasteiger partial charge in [0, 0.05) is 19.7 Å². The Kier molecular flexibility index (Phi) is 8.71. The van der Waals surface area contributed by atoms with Gasteiger partial charge in [-0.2, -0.15) is 0 Å². The van der Waals surface area contributed by atoms with Gasteiger partial charge in [-0.25, -0.2) is 8.42 Å². The molecule has 0 bridgehead atoms. The number of amides is 2. The highest BCUT2D eigenvalue weighted by atomic mass is 32.2. The molecule has 1 atom stereocenters. The highest BCUT2D eigenvalue weighted by Crippen LogP contribution is 2.27. The van der Waals surface area contributed by atoms with E-state index in [1.165, 1.54) is 31.2 Å². The van der Waals surface area contributed by atoms with Crippen molar-refractivity contribution in [3.8, 4) is 5.75 Å². The van der Waals surface area contributed by atoms with Crippen LogP contribution in [0.5, 0.6) is 5.75 Å². The minimum absolute atomic E-state index is 0.0534. The predicted octanol–water partition coefficient (Wildman–Crippen LogP) is 3.36. The zero-order chi connectivity index (χ0) is 26.3. The summed E-state index contributed by atoms with van der Waals surface area (Å²) in [6.07, 6.45) is 0. The number of sulfonamides is 1. The normalized spacial score (nSPS) is 11.9. The number of methoxy groups -OCH3 is 1. The van der Waals surface area contributed by atoms with Gasteiger partial charge in [0.15, 0.2) is 0 Å². The summed E-state index contributed by atoms with van der Waals surface area (Å²) in [7, 11) is -1.14. The molecule has 0 saturated carbocycles. The van der Waals surface area contributed by atoms with E-state index in [4.69, 9.17) is 4.74 Å². The molecule has 3 rings (SSSR count). The number of ether oxygens (including phenoxy) is 1. The van der Waals surface area contributed by atoms with Gasteiger partial charge < -0.3 is 15.0 Å². The topological polar surface area (TPSA) is 96.0 Å². The van der Waals surface area contributed by atoms with Crippen LogP contribution in [0.4, 0.5) is 5.69 Å². The summed E-state index contributed by atoms with van der Waals surface area (Å²) in [5, 5.41) is 2.57. The molecule has 0 saturated heterocycles. The molecule has 0 aliphatic heterocycles. The standard InChI is InChI=1S/C27H31N3O5S/c1-20-13-15-25(16-14-20)36(33,34)30(23-11-8-12-24(17-23)35-4)19-26(31)29(21(2)27(32)28-3)18-22-9-6-5-7-10-22/h5-17,21H,18-19H2,1-4H3,(H,28,32). The van der Waals surface area contributed by atoms with E-state index in [9.17, 15) is 18.0 Å². The van der Waals surface area contributed by atoms with E-state index in [1.54, 1.807) is 43.3 Å². The maximum Gasteiger partial charge on any atom is 0.264 e. The third-order valence-electron chi connectivity index (χ3n) is 5.84. The molecule has 9 heteroatoms. The van der Waals surface area contributed by atoms with Crippen LogP contribution in [0.15, 0.2) is 83.8 Å². The number of nitrogens with zero attached hydrogens (tertiary/aromatic N) is 2. The van der Waals surface area contributed by atoms with Gasteiger partial charge >= 0.3 is 0 Å². The lowest BCUT2D eigenvalue weighted by Gasteiger charge is -2.31. The molecular formula is C27H31N3O5S. The molecule has 36 heavy (non-hydrogen) atoms. The molecule has 2 amide bonds. The first kappa shape index (κ1) is 26.7. The third-order valence-corrected chi connectivity index (χ3v) is 7.63. The summed E-state index contributed by atoms with van der Waals surface area (Å²) in [6, 6.07) is 21.3. The number of likely N-dealkylation sites (N-methyl/N-ethyl adjacent to an activating group) is 1. The number of hydrogen-bond acceptors (Lipinski definition) is 5. The number of rotatable bonds is 10. The first-order valence-corrected chi connectivity index (χ1v) is 12.9. The summed E-state index contributed by atoms with van der Waals surface area (Å²) >= 11 is 0. The maximum absolute atomic E-state index is 13.8. The molecule has 3 aromatic rings. The summed E-state index contributed by atoms with van der Waals surface area (Å²) in [5.41, 5.74) is 2.00. The van der Waals surface area contributed by atoms with Crippen LogP contribution in [0.25, 0.3) is 0 Å². The second kappa shape index (κ2) is 11.7. The predicted molar refractivity (Wildman–Crippen MR) is 139 cm³/mol. The second-order valence-electron chi connectivity index (χ2n) is 8.32. The van der Waals surface area contributed by atoms with Gasteiger partial charge in [-0.15, -0.1) is 0 Å². The van der Waals surface area contributed by atoms with Crippen LogP contribution in [0.3, 0.4) is 0 Å². The van der Waals surface area contributed by atoms with Gasteiger partial charge in [0.05, 0.1) is 17.7 Å². The summed E-state index contributed by atoms with van der Waals surface area (Å²) in [5.74, 6) is -0.425. The zero-order valence-electron chi connectivity index (χ0n) is 20.8. The lowest BCUT2D eigenvalue weighted by molar-refractivity contribution is -0.139. The summed E-state index contributed by atoms with van der Waals surface area (Å²) in [4.78, 5) is 27.6. The monoisotopic (exact) mass is 509 g/mol. The average Bonchev–Trinajstić information content (AvgIpc) is 2.90. The highest BCUT2D eigenvalue weighted by Gasteiger charge is 2.32. The van der Waals surface area contributed by atoms with Crippen LogP contribution in [0.1, 0.15) is 18.1 Å². The fourth-order valence-corrected chi connectivity index (χ4v) is 5.11. The van der Waals surface area contributed by atoms with E-state index < -0.39 is 28.5 Å². The van der Waals surface area contributed by atoms with E-state index in [0.717, 1.165) is 15.4 Å². The Bertz CT molecular complexity index is 1290. The molecular weight excluding hydrogens is 478 g/mol. The van der Waals surface area contributed by atoms with Crippen LogP contribution < -0.4 is 14.4 Å². The van der Waals surface area contributed by atoms with Crippen LogP contribution in [-0.4, -0.2) is 51.9 Å². The van der Waals surface area contributed by atoms with Crippen LogP contribution in [0.2, 0.25) is 0 Å². The number of aryl methyl sites for hydroxylation is 1. The van der Waals surface area contributed by atoms with Crippen molar-refractivity contribution in [3.63, 3.8) is 0 Å². The van der Waals surface area contributed by atoms with Gasteiger partial charge in [0.25, 0.3) is 10.0 Å². The number of benzene rings is 3. The Morgan fingerprint density at radius 3 is 2.25 bits per heavy atom. The quantitative estimate of drug-likeness (QED) is 0.452. The van der Waals surface area contributed by atoms with Crippen molar-refractivity contribution in [1.82, 2.24) is 10.2 Å². The van der Waals surface area contributed by atoms with Crippen molar-refractivity contribution in [3.05, 3.63) is 90.0 Å². The van der Waals surface area contributed by atoms with Gasteiger partial charge in [0.2, 0.25) is 11.8 Å². The van der Waals surface area contributed by atoms with Gasteiger partial charge in [-0.3, -0.25) is 13.9 Å². The minimum atomic E-state index is -4.12. The van der Waals surface area contributed by atoms with Crippen molar-refractivity contribution in [2.24, 2.45) is 0 Å². The van der Waals surface area contributed by atoms with Gasteiger partial charge in [-0.1, -0.05) is 54.1 Å². The Hall–Kier alpha value is -3.85. The van der Waals surface area contributed by atoms with Crippen molar-refractivity contribution < 1.29 is 22.7 Å². The van der Waals surface area contributed by atoms with Gasteiger partial charge in [-0.05, 0) is 43.7 Å². The van der Waals surface area contributed by atoms with Crippen molar-refractivity contribution in [2.75, 3.05) is 25.0 Å². The summed E-state index contributed by atoms with van der Waals surface area (Å²) < 4.78 is 33.8. The molecule has 0 aliphatic carbocycles. The lowest BCUT2D eigenvalue weighted by Crippen LogP contribution is -2.50. The van der Waals surface area contributed by atoms with Crippen molar-refractivity contribution >= 4 is 27.5 Å². The Balaban J connectivity index is 2.04. The first-order valence-electron chi connectivity index (χ1n) is 11.5. The summed E-state index contributed by atoms with van der Waals surface area (Å²) in [6.45, 7) is 3.12. The SMILES string of the molecule is CNC(=O)C(C)N(Cc1ccccc1)C(=O)CN(c1cccc(OC)c1)S(=O)(=O)c1ccc(C)cc1. The molecule has 0 radical (unpaired) electrons. The Morgan fingerprint density at radius 2 is 1.64 bits per heavy atom. The average molecular weight is 510 g/mol. The number of carbonyl (C=O) groups excluding carboxylic acids is 2. The number of anilines is 1. The van der Waals surface area contributed by atoms with E-state index in [-0.39, 0.29) is 23.0 Å². The number of nitrogens with one attached hydrogen (secondary N) is 1. The fourth-order valence-electron chi connectivity index (χ4n) is 3.70. The molecule has 190 valence electrons. The molecule has 0 spiro atoms. The van der Waals surface area contributed by atoms with E-state index in [0.29, 0.717) is 5.75 Å². The Labute approximate surface area is 212 Å². The fraction of sp³-hybridized carbons (Fsp3) is 0.259. The molecule has 0 aromatic heterocycles. The minimum Gasteiger partial charge on any atom is -0.497 e. The molecule has 0 fully saturated rings. The second-order valence-corrected chi connectivity index (χ2v) is 10.2. The molecule has 0 heterocycles. The van der Waals surface area contributed by atoms with Crippen molar-refractivity contribution in [2.45, 2.75) is 31.3 Å². The smallest absolute Gasteiger partial charge is 0.264 e. The molecule has 1 unspecified atom stereocenters. The lowest BCUT2D eigenvalue weighted by atomic mass is 10.1. The number of carbonyl (C=O) groups is 2. The largest absolute Gasteiger partial charge is 0.497 e. The molecule has 1 N–H and O–H groups in total. The van der Waals surface area contributed by atoms with E-state index in [1.807, 2.05) is 37.3 Å². The van der Waals surface area contributed by atoms with Crippen LogP contribution in [-0.2, 0) is 26.2 Å². The first-order chi connectivity index (χ1) is 17.2. The van der Waals surface area contributed by atoms with E-state index in [2.05, 4.69) is 5.32 Å². The van der Waals surface area contributed by atoms with Crippen LogP contribution in [0, 0.1) is 6.92 Å². The molecule has 3 aromatic carbocycles. The Morgan fingerprint density at radius 1 is 0.972 bits per heavy atom. The molecule has 8 nitrogen and oxygen atoms in total. The highest BCUT2D eigenvalue weighted by molar-refractivity contribution is 7.92.